The third-order valence-electron chi connectivity index (χ3n) is 1.25. The fourth-order valence-corrected chi connectivity index (χ4v) is 0.917. The number of methoxy groups -OCH3 is 1. The summed E-state index contributed by atoms with van der Waals surface area (Å²) in [5.41, 5.74) is 0.819. The number of halogens is 1. The minimum Gasteiger partial charge on any atom is -0.480 e. The quantitative estimate of drug-likeness (QED) is 0.538. The smallest absolute Gasteiger partial charge is 0.229 e. The lowest BCUT2D eigenvalue weighted by Crippen LogP contribution is -1.90. The van der Waals surface area contributed by atoms with Crippen LogP contribution in [0.15, 0.2) is 18.3 Å². The fourth-order valence-electron chi connectivity index (χ4n) is 0.777. The van der Waals surface area contributed by atoms with Gasteiger partial charge in [-0.2, -0.15) is 0 Å². The lowest BCUT2D eigenvalue weighted by molar-refractivity contribution is 0.396. The summed E-state index contributed by atoms with van der Waals surface area (Å²) in [7, 11) is 1.58. The van der Waals surface area contributed by atoms with E-state index in [0.29, 0.717) is 11.2 Å². The number of alkyl halides is 1. The van der Waals surface area contributed by atoms with Crippen LogP contribution in [-0.2, 0) is 0 Å². The van der Waals surface area contributed by atoms with Crippen LogP contribution < -0.4 is 4.74 Å². The molecule has 0 amide bonds. The molecule has 0 saturated heterocycles. The Morgan fingerprint density at radius 3 is 3.17 bits per heavy atom. The summed E-state index contributed by atoms with van der Waals surface area (Å²) in [5.74, 6) is 6.39. The molecular formula is C9H8BrNO. The molecule has 1 aromatic rings. The van der Waals surface area contributed by atoms with E-state index < -0.39 is 0 Å². The number of nitrogens with zero attached hydrogens (tertiary/aromatic N) is 1. The highest BCUT2D eigenvalue weighted by Crippen LogP contribution is 2.11. The Bertz CT molecular complexity index is 314. The molecule has 0 unspecified atom stereocenters. The predicted octanol–water partition coefficient (Wildman–Crippen LogP) is 1.84. The molecule has 0 radical (unpaired) electrons. The zero-order chi connectivity index (χ0) is 8.81. The van der Waals surface area contributed by atoms with E-state index in [1.807, 2.05) is 12.1 Å². The van der Waals surface area contributed by atoms with Crippen molar-refractivity contribution in [2.75, 3.05) is 12.4 Å². The third kappa shape index (κ3) is 2.24. The first-order valence-electron chi connectivity index (χ1n) is 3.42. The van der Waals surface area contributed by atoms with Gasteiger partial charge in [-0.3, -0.25) is 0 Å². The number of ether oxygens (including phenoxy) is 1. The van der Waals surface area contributed by atoms with E-state index in [-0.39, 0.29) is 0 Å². The van der Waals surface area contributed by atoms with Crippen LogP contribution in [0.4, 0.5) is 0 Å². The van der Waals surface area contributed by atoms with Crippen LogP contribution in [0, 0.1) is 11.8 Å². The highest BCUT2D eigenvalue weighted by molar-refractivity contribution is 9.09. The molecule has 0 aliphatic rings. The second kappa shape index (κ2) is 4.78. The number of rotatable bonds is 1. The van der Waals surface area contributed by atoms with Gasteiger partial charge in [-0.05, 0) is 12.1 Å². The van der Waals surface area contributed by atoms with E-state index in [1.165, 1.54) is 0 Å². The first-order chi connectivity index (χ1) is 5.88. The molecule has 0 spiro atoms. The molecule has 1 aromatic heterocycles. The maximum Gasteiger partial charge on any atom is 0.229 e. The van der Waals surface area contributed by atoms with E-state index >= 15 is 0 Å². The van der Waals surface area contributed by atoms with Gasteiger partial charge in [-0.15, -0.1) is 0 Å². The highest BCUT2D eigenvalue weighted by Gasteiger charge is 1.97. The van der Waals surface area contributed by atoms with Crippen LogP contribution in [-0.4, -0.2) is 17.4 Å². The Balaban J connectivity index is 2.97. The van der Waals surface area contributed by atoms with Crippen molar-refractivity contribution in [2.45, 2.75) is 0 Å². The molecule has 62 valence electrons. The summed E-state index contributed by atoms with van der Waals surface area (Å²) in [6.07, 6.45) is 1.68. The topological polar surface area (TPSA) is 22.1 Å². The standard InChI is InChI=1S/C9H8BrNO/c1-12-9-8(4-2-6-10)5-3-7-11-9/h3,5,7H,6H2,1H3. The Morgan fingerprint density at radius 2 is 2.50 bits per heavy atom. The van der Waals surface area contributed by atoms with Gasteiger partial charge >= 0.3 is 0 Å². The van der Waals surface area contributed by atoms with Crippen molar-refractivity contribution >= 4 is 15.9 Å². The number of pyridine rings is 1. The second-order valence-corrected chi connectivity index (χ2v) is 2.56. The van der Waals surface area contributed by atoms with Gasteiger partial charge in [-0.1, -0.05) is 27.8 Å². The molecule has 3 heteroatoms. The first-order valence-corrected chi connectivity index (χ1v) is 4.54. The van der Waals surface area contributed by atoms with Crippen molar-refractivity contribution in [3.05, 3.63) is 23.9 Å². The first kappa shape index (κ1) is 9.08. The average Bonchev–Trinajstić information content (AvgIpc) is 2.15. The van der Waals surface area contributed by atoms with E-state index in [4.69, 9.17) is 4.74 Å². The molecule has 0 saturated carbocycles. The van der Waals surface area contributed by atoms with E-state index in [1.54, 1.807) is 13.3 Å². The third-order valence-corrected chi connectivity index (χ3v) is 1.53. The summed E-state index contributed by atoms with van der Waals surface area (Å²) < 4.78 is 5.01. The molecular weight excluding hydrogens is 218 g/mol. The molecule has 2 nitrogen and oxygen atoms in total. The van der Waals surface area contributed by atoms with Gasteiger partial charge < -0.3 is 4.74 Å². The Hall–Kier alpha value is -1.01. The largest absolute Gasteiger partial charge is 0.480 e. The summed E-state index contributed by atoms with van der Waals surface area (Å²) in [6, 6.07) is 3.71. The number of aromatic nitrogens is 1. The summed E-state index contributed by atoms with van der Waals surface area (Å²) >= 11 is 3.22. The summed E-state index contributed by atoms with van der Waals surface area (Å²) in [4.78, 5) is 4.01. The molecule has 0 atom stereocenters. The molecule has 0 fully saturated rings. The van der Waals surface area contributed by atoms with E-state index in [2.05, 4.69) is 32.8 Å². The van der Waals surface area contributed by atoms with Crippen molar-refractivity contribution in [3.8, 4) is 17.7 Å². The molecule has 1 heterocycles. The highest BCUT2D eigenvalue weighted by atomic mass is 79.9. The normalized spacial score (nSPS) is 8.50. The molecule has 12 heavy (non-hydrogen) atoms. The van der Waals surface area contributed by atoms with Crippen molar-refractivity contribution in [2.24, 2.45) is 0 Å². The Kier molecular flexibility index (Phi) is 3.62. The van der Waals surface area contributed by atoms with E-state index in [9.17, 15) is 0 Å². The van der Waals surface area contributed by atoms with E-state index in [0.717, 1.165) is 5.56 Å². The zero-order valence-electron chi connectivity index (χ0n) is 6.67. The SMILES string of the molecule is COc1ncccc1C#CCBr. The minimum atomic E-state index is 0.575. The molecule has 0 bridgehead atoms. The second-order valence-electron chi connectivity index (χ2n) is 2.00. The van der Waals surface area contributed by atoms with Crippen LogP contribution in [0.2, 0.25) is 0 Å². The van der Waals surface area contributed by atoms with Crippen molar-refractivity contribution in [1.82, 2.24) is 4.98 Å². The number of hydrogen-bond acceptors (Lipinski definition) is 2. The maximum absolute atomic E-state index is 5.01. The predicted molar refractivity (Wildman–Crippen MR) is 51.5 cm³/mol. The fraction of sp³-hybridized carbons (Fsp3) is 0.222. The maximum atomic E-state index is 5.01. The average molecular weight is 226 g/mol. The van der Waals surface area contributed by atoms with Gasteiger partial charge in [0.05, 0.1) is 18.0 Å². The van der Waals surface area contributed by atoms with Gasteiger partial charge in [0.1, 0.15) is 0 Å². The van der Waals surface area contributed by atoms with Crippen LogP contribution in [0.25, 0.3) is 0 Å². The lowest BCUT2D eigenvalue weighted by atomic mass is 10.3. The van der Waals surface area contributed by atoms with Gasteiger partial charge in [0.25, 0.3) is 0 Å². The van der Waals surface area contributed by atoms with Gasteiger partial charge in [0, 0.05) is 6.20 Å². The van der Waals surface area contributed by atoms with Crippen molar-refractivity contribution in [3.63, 3.8) is 0 Å². The Morgan fingerprint density at radius 1 is 1.67 bits per heavy atom. The van der Waals surface area contributed by atoms with Crippen LogP contribution in [0.1, 0.15) is 5.56 Å². The van der Waals surface area contributed by atoms with Gasteiger partial charge in [-0.25, -0.2) is 4.98 Å². The molecule has 0 aliphatic heterocycles. The van der Waals surface area contributed by atoms with Gasteiger partial charge in [0.15, 0.2) is 0 Å². The lowest BCUT2D eigenvalue weighted by Gasteiger charge is -1.98. The minimum absolute atomic E-state index is 0.575. The molecule has 1 rings (SSSR count). The molecule has 0 aromatic carbocycles. The Labute approximate surface area is 80.1 Å². The summed E-state index contributed by atoms with van der Waals surface area (Å²) in [6.45, 7) is 0. The van der Waals surface area contributed by atoms with Crippen molar-refractivity contribution in [1.29, 1.82) is 0 Å². The van der Waals surface area contributed by atoms with Crippen LogP contribution >= 0.6 is 15.9 Å². The monoisotopic (exact) mass is 225 g/mol. The van der Waals surface area contributed by atoms with Crippen LogP contribution in [0.3, 0.4) is 0 Å². The molecule has 0 N–H and O–H groups in total. The molecule has 0 aliphatic carbocycles. The zero-order valence-corrected chi connectivity index (χ0v) is 8.26. The van der Waals surface area contributed by atoms with Crippen LogP contribution in [0.5, 0.6) is 5.88 Å². The number of hydrogen-bond donors (Lipinski definition) is 0. The van der Waals surface area contributed by atoms with Crippen molar-refractivity contribution < 1.29 is 4.74 Å². The van der Waals surface area contributed by atoms with Gasteiger partial charge in [0.2, 0.25) is 5.88 Å². The summed E-state index contributed by atoms with van der Waals surface area (Å²) in [5, 5.41) is 0.658.